The first-order chi connectivity index (χ1) is 12.4. The molecule has 1 saturated carbocycles. The molecular weight excluding hydrogens is 334 g/mol. The summed E-state index contributed by atoms with van der Waals surface area (Å²) in [5.41, 5.74) is -0.305. The van der Waals surface area contributed by atoms with Crippen molar-refractivity contribution in [2.24, 2.45) is 5.92 Å². The molecule has 1 aliphatic heterocycles. The van der Waals surface area contributed by atoms with E-state index in [0.29, 0.717) is 36.8 Å². The van der Waals surface area contributed by atoms with Gasteiger partial charge >= 0.3 is 6.03 Å². The Labute approximate surface area is 153 Å². The second-order valence-electron chi connectivity index (χ2n) is 7.06. The van der Waals surface area contributed by atoms with E-state index in [4.69, 9.17) is 4.74 Å². The first-order valence-electron chi connectivity index (χ1n) is 9.11. The summed E-state index contributed by atoms with van der Waals surface area (Å²) in [6, 6.07) is 6.58. The molecule has 2 aliphatic rings. The lowest BCUT2D eigenvalue weighted by molar-refractivity contribution is -0.135. The number of benzene rings is 1. The minimum atomic E-state index is -0.826. The molecule has 140 valence electrons. The number of imide groups is 1. The number of ether oxygens (including phenoxy) is 1. The van der Waals surface area contributed by atoms with Crippen LogP contribution in [-0.2, 0) is 9.59 Å². The molecule has 0 atom stereocenters. The number of carbonyl (C=O) groups excluding carboxylic acids is 3. The van der Waals surface area contributed by atoms with Gasteiger partial charge in [-0.3, -0.25) is 14.5 Å². The van der Waals surface area contributed by atoms with Gasteiger partial charge < -0.3 is 15.4 Å². The number of carbonyl (C=O) groups is 3. The molecule has 0 aromatic heterocycles. The van der Waals surface area contributed by atoms with Crippen molar-refractivity contribution in [2.75, 3.05) is 18.5 Å². The van der Waals surface area contributed by atoms with Gasteiger partial charge in [0.15, 0.2) is 0 Å². The van der Waals surface area contributed by atoms with Crippen molar-refractivity contribution in [1.82, 2.24) is 10.2 Å². The van der Waals surface area contributed by atoms with Crippen molar-refractivity contribution >= 4 is 23.5 Å². The van der Waals surface area contributed by atoms with E-state index in [1.54, 1.807) is 18.2 Å². The number of nitrogens with one attached hydrogen (secondary N) is 2. The average Bonchev–Trinajstić information content (AvgIpc) is 2.84. The standard InChI is InChI=1S/C19H25N3O4/c1-3-26-15-7-5-4-6-14(15)20-16(23)12-22-17(24)19(21-18(22)25)10-8-13(2)9-11-19/h4-7,13H,3,8-12H2,1-2H3,(H,20,23)(H,21,25). The maximum Gasteiger partial charge on any atom is 0.325 e. The highest BCUT2D eigenvalue weighted by molar-refractivity contribution is 6.10. The van der Waals surface area contributed by atoms with Crippen LogP contribution in [0.4, 0.5) is 10.5 Å². The molecule has 1 saturated heterocycles. The summed E-state index contributed by atoms with van der Waals surface area (Å²) in [4.78, 5) is 38.5. The molecule has 2 N–H and O–H groups in total. The van der Waals surface area contributed by atoms with Gasteiger partial charge in [-0.15, -0.1) is 0 Å². The minimum Gasteiger partial charge on any atom is -0.492 e. The second kappa shape index (κ2) is 7.35. The van der Waals surface area contributed by atoms with E-state index in [1.165, 1.54) is 0 Å². The summed E-state index contributed by atoms with van der Waals surface area (Å²) in [6.45, 7) is 4.18. The van der Waals surface area contributed by atoms with Gasteiger partial charge in [0.25, 0.3) is 5.91 Å². The predicted molar refractivity (Wildman–Crippen MR) is 96.8 cm³/mol. The zero-order valence-electron chi connectivity index (χ0n) is 15.2. The molecule has 7 nitrogen and oxygen atoms in total. The minimum absolute atomic E-state index is 0.289. The topological polar surface area (TPSA) is 87.7 Å². The molecule has 0 unspecified atom stereocenters. The van der Waals surface area contributed by atoms with Crippen LogP contribution in [0, 0.1) is 5.92 Å². The number of hydrogen-bond acceptors (Lipinski definition) is 4. The van der Waals surface area contributed by atoms with E-state index in [2.05, 4.69) is 17.6 Å². The lowest BCUT2D eigenvalue weighted by atomic mass is 9.77. The summed E-state index contributed by atoms with van der Waals surface area (Å²) in [7, 11) is 0. The van der Waals surface area contributed by atoms with E-state index < -0.39 is 17.5 Å². The van der Waals surface area contributed by atoms with Gasteiger partial charge in [-0.05, 0) is 50.7 Å². The smallest absolute Gasteiger partial charge is 0.325 e. The molecule has 1 aliphatic carbocycles. The SMILES string of the molecule is CCOc1ccccc1NC(=O)CN1C(=O)NC2(CCC(C)CC2)C1=O. The van der Waals surface area contributed by atoms with Crippen LogP contribution in [-0.4, -0.2) is 41.4 Å². The third-order valence-corrected chi connectivity index (χ3v) is 5.14. The summed E-state index contributed by atoms with van der Waals surface area (Å²) in [6.07, 6.45) is 3.05. The summed E-state index contributed by atoms with van der Waals surface area (Å²) in [5, 5.41) is 5.55. The maximum absolute atomic E-state index is 12.8. The quantitative estimate of drug-likeness (QED) is 0.791. The monoisotopic (exact) mass is 359 g/mol. The van der Waals surface area contributed by atoms with Crippen LogP contribution in [0.25, 0.3) is 0 Å². The van der Waals surface area contributed by atoms with Gasteiger partial charge in [0.05, 0.1) is 12.3 Å². The van der Waals surface area contributed by atoms with Gasteiger partial charge in [-0.1, -0.05) is 19.1 Å². The summed E-state index contributed by atoms with van der Waals surface area (Å²) < 4.78 is 5.48. The Morgan fingerprint density at radius 3 is 2.69 bits per heavy atom. The fraction of sp³-hybridized carbons (Fsp3) is 0.526. The highest BCUT2D eigenvalue weighted by Crippen LogP contribution is 2.36. The first-order valence-corrected chi connectivity index (χ1v) is 9.11. The zero-order valence-corrected chi connectivity index (χ0v) is 15.2. The lowest BCUT2D eigenvalue weighted by Gasteiger charge is -2.33. The normalized spacial score (nSPS) is 25.3. The largest absolute Gasteiger partial charge is 0.492 e. The lowest BCUT2D eigenvalue weighted by Crippen LogP contribution is -2.49. The van der Waals surface area contributed by atoms with Crippen LogP contribution >= 0.6 is 0 Å². The molecule has 7 heteroatoms. The number of anilines is 1. The Bertz CT molecular complexity index is 710. The summed E-state index contributed by atoms with van der Waals surface area (Å²) in [5.74, 6) is 0.389. The van der Waals surface area contributed by atoms with Crippen LogP contribution in [0.3, 0.4) is 0 Å². The van der Waals surface area contributed by atoms with Gasteiger partial charge in [0, 0.05) is 0 Å². The molecule has 1 heterocycles. The molecule has 1 aromatic carbocycles. The molecule has 0 radical (unpaired) electrons. The molecular formula is C19H25N3O4. The highest BCUT2D eigenvalue weighted by atomic mass is 16.5. The Balaban J connectivity index is 1.66. The van der Waals surface area contributed by atoms with Crippen molar-refractivity contribution < 1.29 is 19.1 Å². The van der Waals surface area contributed by atoms with Gasteiger partial charge in [0.1, 0.15) is 17.8 Å². The fourth-order valence-corrected chi connectivity index (χ4v) is 3.60. The maximum atomic E-state index is 12.8. The molecule has 26 heavy (non-hydrogen) atoms. The average molecular weight is 359 g/mol. The second-order valence-corrected chi connectivity index (χ2v) is 7.06. The van der Waals surface area contributed by atoms with E-state index in [9.17, 15) is 14.4 Å². The van der Waals surface area contributed by atoms with Crippen LogP contribution in [0.5, 0.6) is 5.75 Å². The fourth-order valence-electron chi connectivity index (χ4n) is 3.60. The Morgan fingerprint density at radius 2 is 2.00 bits per heavy atom. The Morgan fingerprint density at radius 1 is 1.31 bits per heavy atom. The number of urea groups is 1. The number of para-hydroxylation sites is 2. The van der Waals surface area contributed by atoms with Crippen molar-refractivity contribution in [2.45, 2.75) is 45.1 Å². The molecule has 1 aromatic rings. The van der Waals surface area contributed by atoms with E-state index in [-0.39, 0.29) is 12.5 Å². The first kappa shape index (κ1) is 18.2. The van der Waals surface area contributed by atoms with Gasteiger partial charge in [-0.25, -0.2) is 4.79 Å². The molecule has 0 bridgehead atoms. The number of hydrogen-bond donors (Lipinski definition) is 2. The third kappa shape index (κ3) is 3.52. The summed E-state index contributed by atoms with van der Waals surface area (Å²) >= 11 is 0. The van der Waals surface area contributed by atoms with E-state index in [0.717, 1.165) is 17.7 Å². The van der Waals surface area contributed by atoms with Crippen LogP contribution in [0.15, 0.2) is 24.3 Å². The Kier molecular flexibility index (Phi) is 5.15. The van der Waals surface area contributed by atoms with E-state index >= 15 is 0 Å². The number of rotatable bonds is 5. The van der Waals surface area contributed by atoms with Crippen LogP contribution in [0.2, 0.25) is 0 Å². The molecule has 3 rings (SSSR count). The van der Waals surface area contributed by atoms with Crippen molar-refractivity contribution in [1.29, 1.82) is 0 Å². The van der Waals surface area contributed by atoms with Crippen molar-refractivity contribution in [3.05, 3.63) is 24.3 Å². The number of amides is 4. The predicted octanol–water partition coefficient (Wildman–Crippen LogP) is 2.52. The molecule has 1 spiro atoms. The molecule has 2 fully saturated rings. The third-order valence-electron chi connectivity index (χ3n) is 5.14. The van der Waals surface area contributed by atoms with E-state index in [1.807, 2.05) is 13.0 Å². The van der Waals surface area contributed by atoms with Crippen LogP contribution in [0.1, 0.15) is 39.5 Å². The zero-order chi connectivity index (χ0) is 18.7. The highest BCUT2D eigenvalue weighted by Gasteiger charge is 2.52. The van der Waals surface area contributed by atoms with Crippen molar-refractivity contribution in [3.63, 3.8) is 0 Å². The number of nitrogens with zero attached hydrogens (tertiary/aromatic N) is 1. The van der Waals surface area contributed by atoms with Crippen molar-refractivity contribution in [3.8, 4) is 5.75 Å². The van der Waals surface area contributed by atoms with Gasteiger partial charge in [0.2, 0.25) is 5.91 Å². The molecule has 4 amide bonds. The Hall–Kier alpha value is -2.57. The van der Waals surface area contributed by atoms with Crippen LogP contribution < -0.4 is 15.4 Å². The van der Waals surface area contributed by atoms with Gasteiger partial charge in [-0.2, -0.15) is 0 Å².